The zero-order valence-corrected chi connectivity index (χ0v) is 13.6. The van der Waals surface area contributed by atoms with Crippen molar-refractivity contribution in [1.29, 1.82) is 0 Å². The number of fused-ring (bicyclic) bond motifs is 1. The first kappa shape index (κ1) is 16.2. The Bertz CT molecular complexity index is 841. The van der Waals surface area contributed by atoms with Gasteiger partial charge in [0, 0.05) is 25.7 Å². The van der Waals surface area contributed by atoms with Crippen molar-refractivity contribution in [2.24, 2.45) is 0 Å². The van der Waals surface area contributed by atoms with Crippen LogP contribution in [0.15, 0.2) is 54.9 Å². The summed E-state index contributed by atoms with van der Waals surface area (Å²) in [6, 6.07) is 13.8. The zero-order valence-electron chi connectivity index (χ0n) is 13.6. The molecular weight excluding hydrogens is 302 g/mol. The average Bonchev–Trinajstić information content (AvgIpc) is 3.02. The van der Waals surface area contributed by atoms with Gasteiger partial charge >= 0.3 is 0 Å². The highest BCUT2D eigenvalue weighted by Crippen LogP contribution is 2.20. The van der Waals surface area contributed by atoms with Gasteiger partial charge in [-0.3, -0.25) is 9.48 Å². The minimum Gasteiger partial charge on any atom is -0.387 e. The maximum atomic E-state index is 11.9. The van der Waals surface area contributed by atoms with Crippen LogP contribution in [0.2, 0.25) is 0 Å². The third-order valence-corrected chi connectivity index (χ3v) is 3.98. The first-order valence-corrected chi connectivity index (χ1v) is 8.04. The number of rotatable bonds is 6. The second-order valence-electron chi connectivity index (χ2n) is 5.96. The van der Waals surface area contributed by atoms with E-state index in [-0.39, 0.29) is 12.5 Å². The van der Waals surface area contributed by atoms with Crippen LogP contribution in [0.4, 0.5) is 0 Å². The van der Waals surface area contributed by atoms with Gasteiger partial charge in [0.25, 0.3) is 0 Å². The summed E-state index contributed by atoms with van der Waals surface area (Å²) in [7, 11) is 0. The highest BCUT2D eigenvalue weighted by molar-refractivity contribution is 5.83. The van der Waals surface area contributed by atoms with E-state index in [0.717, 1.165) is 21.9 Å². The third kappa shape index (κ3) is 4.00. The molecule has 0 saturated heterocycles. The molecule has 2 aromatic carbocycles. The smallest absolute Gasteiger partial charge is 0.221 e. The van der Waals surface area contributed by atoms with E-state index in [0.29, 0.717) is 13.0 Å². The Hall–Kier alpha value is -2.66. The van der Waals surface area contributed by atoms with Crippen molar-refractivity contribution in [3.8, 4) is 0 Å². The fraction of sp³-hybridized carbons (Fsp3) is 0.263. The molecule has 24 heavy (non-hydrogen) atoms. The minimum atomic E-state index is -0.717. The van der Waals surface area contributed by atoms with E-state index >= 15 is 0 Å². The molecule has 1 heterocycles. The summed E-state index contributed by atoms with van der Waals surface area (Å²) in [5, 5.41) is 19.4. The summed E-state index contributed by atoms with van der Waals surface area (Å²) in [5.41, 5.74) is 1.87. The Kier molecular flexibility index (Phi) is 4.91. The van der Waals surface area contributed by atoms with Crippen LogP contribution in [-0.2, 0) is 11.3 Å². The van der Waals surface area contributed by atoms with Gasteiger partial charge in [0.2, 0.25) is 5.91 Å². The van der Waals surface area contributed by atoms with Crippen LogP contribution in [0, 0.1) is 6.92 Å². The monoisotopic (exact) mass is 323 g/mol. The molecule has 3 rings (SSSR count). The van der Waals surface area contributed by atoms with Crippen molar-refractivity contribution in [2.45, 2.75) is 26.0 Å². The zero-order chi connectivity index (χ0) is 16.9. The molecule has 5 heteroatoms. The quantitative estimate of drug-likeness (QED) is 0.733. The lowest BCUT2D eigenvalue weighted by Gasteiger charge is -2.13. The van der Waals surface area contributed by atoms with Gasteiger partial charge < -0.3 is 10.4 Å². The lowest BCUT2D eigenvalue weighted by molar-refractivity contribution is -0.121. The van der Waals surface area contributed by atoms with Crippen LogP contribution in [0.5, 0.6) is 0 Å². The molecule has 0 radical (unpaired) electrons. The number of carbonyl (C=O) groups is 1. The fourth-order valence-electron chi connectivity index (χ4n) is 2.64. The van der Waals surface area contributed by atoms with Gasteiger partial charge in [-0.05, 0) is 34.9 Å². The predicted octanol–water partition coefficient (Wildman–Crippen LogP) is 2.58. The van der Waals surface area contributed by atoms with E-state index in [1.807, 2.05) is 55.6 Å². The largest absolute Gasteiger partial charge is 0.387 e. The highest BCUT2D eigenvalue weighted by Gasteiger charge is 2.10. The predicted molar refractivity (Wildman–Crippen MR) is 93.5 cm³/mol. The maximum Gasteiger partial charge on any atom is 0.221 e. The number of benzene rings is 2. The van der Waals surface area contributed by atoms with E-state index < -0.39 is 6.10 Å². The topological polar surface area (TPSA) is 67.2 Å². The number of aryl methyl sites for hydroxylation is 2. The Morgan fingerprint density at radius 3 is 2.79 bits per heavy atom. The molecule has 1 unspecified atom stereocenters. The number of aliphatic hydroxyl groups excluding tert-OH is 1. The second kappa shape index (κ2) is 7.27. The van der Waals surface area contributed by atoms with E-state index in [1.165, 1.54) is 0 Å². The first-order valence-electron chi connectivity index (χ1n) is 8.04. The van der Waals surface area contributed by atoms with E-state index in [1.54, 1.807) is 10.9 Å². The highest BCUT2D eigenvalue weighted by atomic mass is 16.3. The molecule has 0 spiro atoms. The minimum absolute atomic E-state index is 0.0945. The summed E-state index contributed by atoms with van der Waals surface area (Å²) in [4.78, 5) is 11.9. The molecule has 2 N–H and O–H groups in total. The van der Waals surface area contributed by atoms with E-state index in [2.05, 4.69) is 10.4 Å². The summed E-state index contributed by atoms with van der Waals surface area (Å²) < 4.78 is 1.74. The Morgan fingerprint density at radius 1 is 1.25 bits per heavy atom. The van der Waals surface area contributed by atoms with Crippen molar-refractivity contribution in [3.05, 3.63) is 66.0 Å². The molecule has 0 aliphatic rings. The Morgan fingerprint density at radius 2 is 2.04 bits per heavy atom. The van der Waals surface area contributed by atoms with Gasteiger partial charge in [0.05, 0.1) is 12.3 Å². The van der Waals surface area contributed by atoms with Gasteiger partial charge in [0.1, 0.15) is 0 Å². The molecule has 1 amide bonds. The molecule has 0 bridgehead atoms. The third-order valence-electron chi connectivity index (χ3n) is 3.98. The van der Waals surface area contributed by atoms with Gasteiger partial charge in [0.15, 0.2) is 0 Å². The molecule has 1 atom stereocenters. The molecule has 5 nitrogen and oxygen atoms in total. The second-order valence-corrected chi connectivity index (χ2v) is 5.96. The number of amides is 1. The number of aliphatic hydroxyl groups is 1. The standard InChI is InChI=1S/C19H21N3O2/c1-14-11-21-22(13-14)9-8-19(24)20-12-18(23)17-7-6-15-4-2-3-5-16(15)10-17/h2-7,10-11,13,18,23H,8-9,12H2,1H3,(H,20,24). The number of carbonyl (C=O) groups excluding carboxylic acids is 1. The van der Waals surface area contributed by atoms with E-state index in [4.69, 9.17) is 0 Å². The molecule has 0 aliphatic heterocycles. The Labute approximate surface area is 140 Å². The SMILES string of the molecule is Cc1cnn(CCC(=O)NCC(O)c2ccc3ccccc3c2)c1. The first-order chi connectivity index (χ1) is 11.6. The van der Waals surface area contributed by atoms with Crippen LogP contribution in [-0.4, -0.2) is 27.3 Å². The molecule has 1 aromatic heterocycles. The average molecular weight is 323 g/mol. The van der Waals surface area contributed by atoms with Crippen molar-refractivity contribution < 1.29 is 9.90 Å². The summed E-state index contributed by atoms with van der Waals surface area (Å²) >= 11 is 0. The fourth-order valence-corrected chi connectivity index (χ4v) is 2.64. The molecule has 124 valence electrons. The molecule has 3 aromatic rings. The number of aromatic nitrogens is 2. The van der Waals surface area contributed by atoms with Crippen molar-refractivity contribution in [3.63, 3.8) is 0 Å². The molecule has 0 saturated carbocycles. The molecular formula is C19H21N3O2. The van der Waals surface area contributed by atoms with E-state index in [9.17, 15) is 9.90 Å². The summed E-state index contributed by atoms with van der Waals surface area (Å²) in [6.45, 7) is 2.70. The lowest BCUT2D eigenvalue weighted by Crippen LogP contribution is -2.29. The number of hydrogen-bond donors (Lipinski definition) is 2. The van der Waals surface area contributed by atoms with Crippen LogP contribution < -0.4 is 5.32 Å². The van der Waals surface area contributed by atoms with Crippen LogP contribution in [0.3, 0.4) is 0 Å². The number of nitrogens with one attached hydrogen (secondary N) is 1. The molecule has 0 fully saturated rings. The van der Waals surface area contributed by atoms with Crippen molar-refractivity contribution in [2.75, 3.05) is 6.54 Å². The van der Waals surface area contributed by atoms with Gasteiger partial charge in [-0.2, -0.15) is 5.10 Å². The van der Waals surface area contributed by atoms with Crippen LogP contribution >= 0.6 is 0 Å². The summed E-state index contributed by atoms with van der Waals surface area (Å²) in [5.74, 6) is -0.0945. The van der Waals surface area contributed by atoms with Gasteiger partial charge in [-0.25, -0.2) is 0 Å². The Balaban J connectivity index is 1.52. The van der Waals surface area contributed by atoms with Crippen molar-refractivity contribution >= 4 is 16.7 Å². The van der Waals surface area contributed by atoms with Gasteiger partial charge in [-0.15, -0.1) is 0 Å². The van der Waals surface area contributed by atoms with Crippen LogP contribution in [0.1, 0.15) is 23.7 Å². The number of nitrogens with zero attached hydrogens (tertiary/aromatic N) is 2. The summed E-state index contributed by atoms with van der Waals surface area (Å²) in [6.07, 6.45) is 3.29. The number of hydrogen-bond acceptors (Lipinski definition) is 3. The lowest BCUT2D eigenvalue weighted by atomic mass is 10.0. The van der Waals surface area contributed by atoms with Gasteiger partial charge in [-0.1, -0.05) is 36.4 Å². The maximum absolute atomic E-state index is 11.9. The normalized spacial score (nSPS) is 12.2. The van der Waals surface area contributed by atoms with Crippen molar-refractivity contribution in [1.82, 2.24) is 15.1 Å². The molecule has 0 aliphatic carbocycles. The van der Waals surface area contributed by atoms with Crippen LogP contribution in [0.25, 0.3) is 10.8 Å².